The molecule has 0 bridgehead atoms. The Labute approximate surface area is 196 Å². The van der Waals surface area contributed by atoms with Crippen molar-refractivity contribution in [1.29, 1.82) is 5.26 Å². The number of aryl methyl sites for hydroxylation is 3. The summed E-state index contributed by atoms with van der Waals surface area (Å²) in [6.07, 6.45) is 8.44. The Bertz CT molecular complexity index is 1070. The molecule has 0 radical (unpaired) electrons. The van der Waals surface area contributed by atoms with E-state index in [4.69, 9.17) is 9.72 Å². The number of thioether (sulfide) groups is 1. The van der Waals surface area contributed by atoms with Crippen LogP contribution < -0.4 is 5.32 Å². The highest BCUT2D eigenvalue weighted by Gasteiger charge is 2.27. The Kier molecular flexibility index (Phi) is 7.48. The number of thiophene rings is 1. The Morgan fingerprint density at radius 2 is 2.00 bits per heavy atom. The summed E-state index contributed by atoms with van der Waals surface area (Å²) in [6.45, 7) is 2.10. The summed E-state index contributed by atoms with van der Waals surface area (Å²) in [6, 6.07) is 4.21. The van der Waals surface area contributed by atoms with Crippen LogP contribution in [0.15, 0.2) is 11.1 Å². The van der Waals surface area contributed by atoms with Crippen molar-refractivity contribution in [3.8, 4) is 6.07 Å². The highest BCUT2D eigenvalue weighted by molar-refractivity contribution is 7.99. The average molecular weight is 470 g/mol. The molecule has 2 aliphatic rings. The zero-order valence-corrected chi connectivity index (χ0v) is 19.9. The minimum atomic E-state index is -0.353. The number of aromatic nitrogens is 1. The predicted octanol–water partition coefficient (Wildman–Crippen LogP) is 5.07. The van der Waals surface area contributed by atoms with E-state index in [2.05, 4.69) is 11.4 Å². The molecule has 168 valence electrons. The minimum absolute atomic E-state index is 0.141. The number of rotatable bonds is 7. The Hall–Kier alpha value is -2.37. The van der Waals surface area contributed by atoms with Gasteiger partial charge in [-0.15, -0.1) is 23.1 Å². The summed E-state index contributed by atoms with van der Waals surface area (Å²) in [4.78, 5) is 31.1. The zero-order valence-electron chi connectivity index (χ0n) is 18.3. The van der Waals surface area contributed by atoms with Crippen molar-refractivity contribution in [3.05, 3.63) is 38.9 Å². The quantitative estimate of drug-likeness (QED) is 0.450. The van der Waals surface area contributed by atoms with Crippen LogP contribution in [0.25, 0.3) is 0 Å². The average Bonchev–Trinajstić information content (AvgIpc) is 3.16. The predicted molar refractivity (Wildman–Crippen MR) is 126 cm³/mol. The molecule has 0 atom stereocenters. The molecule has 8 heteroatoms. The lowest BCUT2D eigenvalue weighted by Crippen LogP contribution is -2.16. The van der Waals surface area contributed by atoms with E-state index in [0.717, 1.165) is 62.6 Å². The third-order valence-corrected chi connectivity index (χ3v) is 8.06. The number of nitriles is 1. The minimum Gasteiger partial charge on any atom is -0.462 e. The van der Waals surface area contributed by atoms with Gasteiger partial charge in [-0.1, -0.05) is 0 Å². The smallest absolute Gasteiger partial charge is 0.341 e. The van der Waals surface area contributed by atoms with E-state index in [9.17, 15) is 14.9 Å². The van der Waals surface area contributed by atoms with Crippen molar-refractivity contribution >= 4 is 40.0 Å². The molecular weight excluding hydrogens is 442 g/mol. The van der Waals surface area contributed by atoms with Crippen LogP contribution in [0, 0.1) is 11.3 Å². The van der Waals surface area contributed by atoms with E-state index in [1.54, 1.807) is 6.92 Å². The Morgan fingerprint density at radius 1 is 1.22 bits per heavy atom. The standard InChI is InChI=1S/C24H27N3O3S2/c1-2-30-24(29)21-17-8-4-6-10-19(17)32-23(21)27-20(28)11-12-31-22-16(14-25)13-15-7-3-5-9-18(15)26-22/h13H,2-12H2,1H3,(H,27,28). The number of carbonyl (C=O) groups excluding carboxylic acids is 2. The topological polar surface area (TPSA) is 92.1 Å². The molecule has 1 amide bonds. The highest BCUT2D eigenvalue weighted by atomic mass is 32.2. The van der Waals surface area contributed by atoms with Crippen LogP contribution >= 0.6 is 23.1 Å². The van der Waals surface area contributed by atoms with Crippen molar-refractivity contribution in [2.45, 2.75) is 69.7 Å². The molecule has 0 aromatic carbocycles. The Balaban J connectivity index is 1.41. The fourth-order valence-corrected chi connectivity index (χ4v) is 6.52. The van der Waals surface area contributed by atoms with Gasteiger partial charge in [0.1, 0.15) is 16.1 Å². The number of ether oxygens (including phenoxy) is 1. The lowest BCUT2D eigenvalue weighted by atomic mass is 9.95. The number of carbonyl (C=O) groups is 2. The van der Waals surface area contributed by atoms with Crippen LogP contribution in [0.5, 0.6) is 0 Å². The van der Waals surface area contributed by atoms with Crippen LogP contribution in [0.3, 0.4) is 0 Å². The van der Waals surface area contributed by atoms with Crippen LogP contribution in [0.2, 0.25) is 0 Å². The molecular formula is C24H27N3O3S2. The summed E-state index contributed by atoms with van der Waals surface area (Å²) < 4.78 is 5.26. The molecule has 0 aliphatic heterocycles. The van der Waals surface area contributed by atoms with Crippen LogP contribution in [0.1, 0.15) is 76.6 Å². The first-order valence-electron chi connectivity index (χ1n) is 11.3. The fraction of sp³-hybridized carbons (Fsp3) is 0.500. The maximum atomic E-state index is 12.7. The van der Waals surface area contributed by atoms with Gasteiger partial charge in [-0.2, -0.15) is 5.26 Å². The molecule has 32 heavy (non-hydrogen) atoms. The summed E-state index contributed by atoms with van der Waals surface area (Å²) in [5.41, 5.74) is 4.44. The lowest BCUT2D eigenvalue weighted by Gasteiger charge is -2.16. The molecule has 0 fully saturated rings. The number of nitrogens with zero attached hydrogens (tertiary/aromatic N) is 2. The number of esters is 1. The van der Waals surface area contributed by atoms with E-state index in [1.807, 2.05) is 6.07 Å². The van der Waals surface area contributed by atoms with E-state index in [1.165, 1.54) is 33.5 Å². The summed E-state index contributed by atoms with van der Waals surface area (Å²) in [5.74, 6) is 0.0261. The molecule has 2 aromatic heterocycles. The molecule has 4 rings (SSSR count). The molecule has 0 spiro atoms. The van der Waals surface area contributed by atoms with Crippen molar-refractivity contribution in [2.24, 2.45) is 0 Å². The number of anilines is 1. The van der Waals surface area contributed by atoms with Gasteiger partial charge in [0.05, 0.1) is 17.7 Å². The first-order chi connectivity index (χ1) is 15.6. The second kappa shape index (κ2) is 10.5. The van der Waals surface area contributed by atoms with Gasteiger partial charge >= 0.3 is 5.97 Å². The number of fused-ring (bicyclic) bond motifs is 2. The molecule has 2 heterocycles. The van der Waals surface area contributed by atoms with E-state index in [-0.39, 0.29) is 18.3 Å². The van der Waals surface area contributed by atoms with E-state index >= 15 is 0 Å². The molecule has 0 unspecified atom stereocenters. The molecule has 0 saturated heterocycles. The van der Waals surface area contributed by atoms with Crippen molar-refractivity contribution in [1.82, 2.24) is 4.98 Å². The first kappa shape index (κ1) is 22.8. The normalized spacial score (nSPS) is 14.8. The highest BCUT2D eigenvalue weighted by Crippen LogP contribution is 2.38. The van der Waals surface area contributed by atoms with Gasteiger partial charge in [0.2, 0.25) is 5.91 Å². The largest absolute Gasteiger partial charge is 0.462 e. The summed E-state index contributed by atoms with van der Waals surface area (Å²) >= 11 is 2.95. The van der Waals surface area contributed by atoms with E-state index in [0.29, 0.717) is 33.5 Å². The van der Waals surface area contributed by atoms with Crippen molar-refractivity contribution < 1.29 is 14.3 Å². The van der Waals surface area contributed by atoms with Crippen LogP contribution in [-0.4, -0.2) is 29.2 Å². The van der Waals surface area contributed by atoms with Gasteiger partial charge in [-0.25, -0.2) is 9.78 Å². The third kappa shape index (κ3) is 5.00. The molecule has 6 nitrogen and oxygen atoms in total. The second-order valence-electron chi connectivity index (χ2n) is 8.05. The Morgan fingerprint density at radius 3 is 2.81 bits per heavy atom. The lowest BCUT2D eigenvalue weighted by molar-refractivity contribution is -0.115. The van der Waals surface area contributed by atoms with Gasteiger partial charge in [-0.05, 0) is 75.5 Å². The number of pyridine rings is 1. The summed E-state index contributed by atoms with van der Waals surface area (Å²) in [5, 5.41) is 13.8. The van der Waals surface area contributed by atoms with Crippen LogP contribution in [0.4, 0.5) is 5.00 Å². The monoisotopic (exact) mass is 469 g/mol. The number of nitrogens with one attached hydrogen (secondary N) is 1. The van der Waals surface area contributed by atoms with Gasteiger partial charge in [0, 0.05) is 22.7 Å². The van der Waals surface area contributed by atoms with Crippen molar-refractivity contribution in [3.63, 3.8) is 0 Å². The van der Waals surface area contributed by atoms with Crippen molar-refractivity contribution in [2.75, 3.05) is 17.7 Å². The third-order valence-electron chi connectivity index (χ3n) is 5.86. The molecule has 2 aliphatic carbocycles. The molecule has 1 N–H and O–H groups in total. The second-order valence-corrected chi connectivity index (χ2v) is 10.2. The number of amides is 1. The van der Waals surface area contributed by atoms with Crippen LogP contribution in [-0.2, 0) is 35.2 Å². The van der Waals surface area contributed by atoms with Gasteiger partial charge in [-0.3, -0.25) is 4.79 Å². The molecule has 2 aromatic rings. The number of hydrogen-bond acceptors (Lipinski definition) is 7. The SMILES string of the molecule is CCOC(=O)c1c(NC(=O)CCSc2nc3c(cc2C#N)CCCC3)sc2c1CCCC2. The molecule has 0 saturated carbocycles. The van der Waals surface area contributed by atoms with E-state index < -0.39 is 0 Å². The zero-order chi connectivity index (χ0) is 22.5. The number of hydrogen-bond donors (Lipinski definition) is 1. The maximum absolute atomic E-state index is 12.7. The van der Waals surface area contributed by atoms with Gasteiger partial charge in [0.25, 0.3) is 0 Å². The maximum Gasteiger partial charge on any atom is 0.341 e. The van der Waals surface area contributed by atoms with Gasteiger partial charge < -0.3 is 10.1 Å². The fourth-order valence-electron chi connectivity index (χ4n) is 4.31. The first-order valence-corrected chi connectivity index (χ1v) is 13.1. The summed E-state index contributed by atoms with van der Waals surface area (Å²) in [7, 11) is 0. The van der Waals surface area contributed by atoms with Gasteiger partial charge in [0.15, 0.2) is 0 Å².